The van der Waals surface area contributed by atoms with Crippen LogP contribution in [0, 0.1) is 0 Å². The maximum Gasteiger partial charge on any atom is 0.0484 e. The molecule has 1 aliphatic rings. The van der Waals surface area contributed by atoms with E-state index >= 15 is 0 Å². The van der Waals surface area contributed by atoms with Crippen LogP contribution in [-0.2, 0) is 20.1 Å². The van der Waals surface area contributed by atoms with E-state index in [1.165, 1.54) is 27.6 Å². The molecule has 2 aromatic rings. The lowest BCUT2D eigenvalue weighted by Crippen LogP contribution is -2.14. The number of hydrogen-bond acceptors (Lipinski definition) is 2. The third kappa shape index (κ3) is 2.15. The molecule has 1 aromatic carbocycles. The molecule has 1 aromatic heterocycles. The van der Waals surface area contributed by atoms with E-state index in [0.717, 1.165) is 32.5 Å². The first kappa shape index (κ1) is 13.7. The number of rotatable bonds is 4. The van der Waals surface area contributed by atoms with Crippen molar-refractivity contribution in [3.63, 3.8) is 0 Å². The molecule has 0 fully saturated rings. The topological polar surface area (TPSA) is 34.2 Å². The number of hydrogen-bond donors (Lipinski definition) is 1. The molecule has 0 saturated carbocycles. The molecule has 3 rings (SSSR count). The van der Waals surface area contributed by atoms with Gasteiger partial charge in [-0.1, -0.05) is 20.3 Å². The van der Waals surface area contributed by atoms with Gasteiger partial charge in [0.1, 0.15) is 0 Å². The zero-order valence-corrected chi connectivity index (χ0v) is 12.8. The number of fused-ring (bicyclic) bond motifs is 2. The lowest BCUT2D eigenvalue weighted by molar-refractivity contribution is 0.301. The molecule has 0 spiro atoms. The fourth-order valence-electron chi connectivity index (χ4n) is 3.36. The lowest BCUT2D eigenvalue weighted by atomic mass is 10.00. The molecule has 0 bridgehead atoms. The van der Waals surface area contributed by atoms with E-state index in [9.17, 15) is 0 Å². The van der Waals surface area contributed by atoms with Gasteiger partial charge in [-0.15, -0.1) is 0 Å². The summed E-state index contributed by atoms with van der Waals surface area (Å²) in [4.78, 5) is 2.48. The highest BCUT2D eigenvalue weighted by Crippen LogP contribution is 2.33. The van der Waals surface area contributed by atoms with E-state index in [1.54, 1.807) is 0 Å². The minimum Gasteiger partial charge on any atom is -0.350 e. The van der Waals surface area contributed by atoms with Gasteiger partial charge in [0.2, 0.25) is 0 Å². The summed E-state index contributed by atoms with van der Waals surface area (Å²) in [5, 5.41) is 1.35. The summed E-state index contributed by atoms with van der Waals surface area (Å²) in [6.45, 7) is 7.71. The third-order valence-corrected chi connectivity index (χ3v) is 4.58. The van der Waals surface area contributed by atoms with Crippen molar-refractivity contribution in [1.29, 1.82) is 0 Å². The van der Waals surface area contributed by atoms with E-state index < -0.39 is 0 Å². The van der Waals surface area contributed by atoms with Crippen molar-refractivity contribution in [2.45, 2.75) is 45.8 Å². The standard InChI is InChI=1S/C17H25N3/c1-4-6-16(18)15-11-19(3)17-8-13-10-20(5-2)9-12(13)7-14(15)17/h7-8,11,16H,4-6,9-10,18H2,1-3H3. The Morgan fingerprint density at radius 2 is 1.90 bits per heavy atom. The van der Waals surface area contributed by atoms with Crippen molar-refractivity contribution in [2.75, 3.05) is 6.54 Å². The van der Waals surface area contributed by atoms with Crippen LogP contribution in [0.2, 0.25) is 0 Å². The molecule has 2 heterocycles. The molecular weight excluding hydrogens is 246 g/mol. The molecule has 2 N–H and O–H groups in total. The zero-order valence-electron chi connectivity index (χ0n) is 12.8. The highest BCUT2D eigenvalue weighted by atomic mass is 15.1. The van der Waals surface area contributed by atoms with Gasteiger partial charge in [-0.2, -0.15) is 0 Å². The molecule has 3 nitrogen and oxygen atoms in total. The maximum atomic E-state index is 6.36. The fourth-order valence-corrected chi connectivity index (χ4v) is 3.36. The Hall–Kier alpha value is -1.32. The van der Waals surface area contributed by atoms with Crippen LogP contribution in [0.1, 0.15) is 49.4 Å². The largest absolute Gasteiger partial charge is 0.350 e. The average molecular weight is 271 g/mol. The Labute approximate surface area is 121 Å². The zero-order chi connectivity index (χ0) is 14.3. The Bertz CT molecular complexity index is 627. The average Bonchev–Trinajstić information content (AvgIpc) is 2.98. The highest BCUT2D eigenvalue weighted by Gasteiger charge is 2.21. The molecule has 108 valence electrons. The van der Waals surface area contributed by atoms with Crippen LogP contribution in [0.25, 0.3) is 10.9 Å². The van der Waals surface area contributed by atoms with E-state index in [4.69, 9.17) is 5.73 Å². The molecule has 1 unspecified atom stereocenters. The smallest absolute Gasteiger partial charge is 0.0484 e. The number of nitrogens with zero attached hydrogens (tertiary/aromatic N) is 2. The van der Waals surface area contributed by atoms with Gasteiger partial charge in [0, 0.05) is 43.3 Å². The minimum absolute atomic E-state index is 0.158. The van der Waals surface area contributed by atoms with E-state index in [0.29, 0.717) is 0 Å². The number of aromatic nitrogens is 1. The number of benzene rings is 1. The van der Waals surface area contributed by atoms with Gasteiger partial charge in [0.05, 0.1) is 0 Å². The molecule has 0 aliphatic carbocycles. The van der Waals surface area contributed by atoms with Crippen LogP contribution in [0.3, 0.4) is 0 Å². The molecular formula is C17H25N3. The van der Waals surface area contributed by atoms with Crippen LogP contribution < -0.4 is 5.73 Å². The molecule has 1 atom stereocenters. The van der Waals surface area contributed by atoms with Crippen LogP contribution >= 0.6 is 0 Å². The second-order valence-corrected chi connectivity index (χ2v) is 6.03. The molecule has 3 heteroatoms. The van der Waals surface area contributed by atoms with Crippen molar-refractivity contribution < 1.29 is 0 Å². The fraction of sp³-hybridized carbons (Fsp3) is 0.529. The Balaban J connectivity index is 2.08. The second-order valence-electron chi connectivity index (χ2n) is 6.03. The summed E-state index contributed by atoms with van der Waals surface area (Å²) in [6.07, 6.45) is 4.40. The predicted octanol–water partition coefficient (Wildman–Crippen LogP) is 3.31. The second kappa shape index (κ2) is 5.23. The van der Waals surface area contributed by atoms with Gasteiger partial charge in [0.25, 0.3) is 0 Å². The van der Waals surface area contributed by atoms with Gasteiger partial charge in [0.15, 0.2) is 0 Å². The predicted molar refractivity (Wildman–Crippen MR) is 84.5 cm³/mol. The highest BCUT2D eigenvalue weighted by molar-refractivity contribution is 5.86. The van der Waals surface area contributed by atoms with E-state index in [1.807, 2.05) is 0 Å². The van der Waals surface area contributed by atoms with E-state index in [-0.39, 0.29) is 6.04 Å². The van der Waals surface area contributed by atoms with Gasteiger partial charge < -0.3 is 10.3 Å². The third-order valence-electron chi connectivity index (χ3n) is 4.58. The first-order valence-electron chi connectivity index (χ1n) is 7.72. The van der Waals surface area contributed by atoms with Gasteiger partial charge in [-0.25, -0.2) is 0 Å². The first-order chi connectivity index (χ1) is 9.63. The lowest BCUT2D eigenvalue weighted by Gasteiger charge is -2.10. The summed E-state index contributed by atoms with van der Waals surface area (Å²) >= 11 is 0. The molecule has 0 amide bonds. The Kier molecular flexibility index (Phi) is 3.57. The first-order valence-corrected chi connectivity index (χ1v) is 7.72. The SMILES string of the molecule is CCCC(N)c1cn(C)c2cc3c(cc12)CN(CC)C3. The minimum atomic E-state index is 0.158. The summed E-state index contributed by atoms with van der Waals surface area (Å²) in [6, 6.07) is 4.90. The number of nitrogens with two attached hydrogens (primary N) is 1. The normalized spacial score (nSPS) is 16.8. The van der Waals surface area contributed by atoms with Crippen LogP contribution in [-0.4, -0.2) is 16.0 Å². The maximum absolute atomic E-state index is 6.36. The van der Waals surface area contributed by atoms with Crippen molar-refractivity contribution in [1.82, 2.24) is 9.47 Å². The van der Waals surface area contributed by atoms with Crippen molar-refractivity contribution >= 4 is 10.9 Å². The van der Waals surface area contributed by atoms with Crippen LogP contribution in [0.15, 0.2) is 18.3 Å². The molecule has 20 heavy (non-hydrogen) atoms. The summed E-state index contributed by atoms with van der Waals surface area (Å²) in [5.41, 5.74) is 12.0. The molecule has 0 saturated heterocycles. The Morgan fingerprint density at radius 3 is 2.55 bits per heavy atom. The van der Waals surface area contributed by atoms with Gasteiger partial charge >= 0.3 is 0 Å². The van der Waals surface area contributed by atoms with Crippen LogP contribution in [0.5, 0.6) is 0 Å². The van der Waals surface area contributed by atoms with Crippen molar-refractivity contribution in [3.8, 4) is 0 Å². The Morgan fingerprint density at radius 1 is 1.20 bits per heavy atom. The summed E-state index contributed by atoms with van der Waals surface area (Å²) < 4.78 is 2.23. The molecule has 1 aliphatic heterocycles. The summed E-state index contributed by atoms with van der Waals surface area (Å²) in [5.74, 6) is 0. The van der Waals surface area contributed by atoms with Crippen molar-refractivity contribution in [2.24, 2.45) is 12.8 Å². The van der Waals surface area contributed by atoms with E-state index in [2.05, 4.69) is 48.7 Å². The van der Waals surface area contributed by atoms with Crippen LogP contribution in [0.4, 0.5) is 0 Å². The van der Waals surface area contributed by atoms with Gasteiger partial charge in [-0.05, 0) is 41.8 Å². The van der Waals surface area contributed by atoms with Crippen molar-refractivity contribution in [3.05, 3.63) is 35.0 Å². The number of aryl methyl sites for hydroxylation is 1. The monoisotopic (exact) mass is 271 g/mol. The quantitative estimate of drug-likeness (QED) is 0.925. The van der Waals surface area contributed by atoms with Gasteiger partial charge in [-0.3, -0.25) is 4.90 Å². The summed E-state index contributed by atoms with van der Waals surface area (Å²) in [7, 11) is 2.13. The molecule has 0 radical (unpaired) electrons.